The van der Waals surface area contributed by atoms with Gasteiger partial charge < -0.3 is 4.74 Å². The quantitative estimate of drug-likeness (QED) is 0.443. The Morgan fingerprint density at radius 2 is 0.963 bits per heavy atom. The van der Waals surface area contributed by atoms with Crippen LogP contribution in [0, 0.1) is 27.7 Å². The molecule has 0 unspecified atom stereocenters. The van der Waals surface area contributed by atoms with Crippen molar-refractivity contribution in [2.75, 3.05) is 0 Å². The lowest BCUT2D eigenvalue weighted by Crippen LogP contribution is -2.24. The first kappa shape index (κ1) is 15.7. The van der Waals surface area contributed by atoms with Crippen LogP contribution in [0.15, 0.2) is 48.5 Å². The highest BCUT2D eigenvalue weighted by molar-refractivity contribution is 5.79. The Kier molecular flexibility index (Phi) is 2.96. The van der Waals surface area contributed by atoms with E-state index < -0.39 is 0 Å². The van der Waals surface area contributed by atoms with Crippen LogP contribution in [0.25, 0.3) is 11.1 Å². The molecule has 1 fully saturated rings. The predicted octanol–water partition coefficient (Wildman–Crippen LogP) is 6.59. The fraction of sp³-hybridized carbons (Fsp3) is 0.308. The molecule has 3 aliphatic rings. The Balaban J connectivity index is 1.69. The van der Waals surface area contributed by atoms with Crippen molar-refractivity contribution in [3.8, 4) is 11.1 Å². The summed E-state index contributed by atoms with van der Waals surface area (Å²) in [5, 5.41) is 0. The van der Waals surface area contributed by atoms with Gasteiger partial charge in [0, 0.05) is 11.8 Å². The Labute approximate surface area is 161 Å². The van der Waals surface area contributed by atoms with Gasteiger partial charge in [-0.15, -0.1) is 0 Å². The van der Waals surface area contributed by atoms with E-state index in [0.717, 1.165) is 0 Å². The molecule has 6 rings (SSSR count). The third kappa shape index (κ3) is 1.88. The van der Waals surface area contributed by atoms with Crippen molar-refractivity contribution < 1.29 is 4.74 Å². The first-order chi connectivity index (χ1) is 13.0. The maximum Gasteiger partial charge on any atom is 0.0912 e. The van der Waals surface area contributed by atoms with E-state index in [9.17, 15) is 0 Å². The molecule has 4 atom stereocenters. The zero-order valence-electron chi connectivity index (χ0n) is 16.3. The molecule has 0 amide bonds. The second-order valence-corrected chi connectivity index (χ2v) is 8.71. The van der Waals surface area contributed by atoms with E-state index in [1.54, 1.807) is 0 Å². The average molecular weight is 352 g/mol. The van der Waals surface area contributed by atoms with Gasteiger partial charge in [0.05, 0.1) is 12.2 Å². The number of ether oxygens (including phenoxy) is 1. The van der Waals surface area contributed by atoms with Gasteiger partial charge in [0.1, 0.15) is 0 Å². The summed E-state index contributed by atoms with van der Waals surface area (Å²) in [6.07, 6.45) is 0.374. The minimum absolute atomic E-state index is 0.187. The topological polar surface area (TPSA) is 9.23 Å². The fourth-order valence-corrected chi connectivity index (χ4v) is 5.67. The standard InChI is InChI=1S/C26H24O/c1-13-9-19-20-10-14(2)16(4)12-22(20)24-23(21(19)11-15(13)3)25-17-7-5-6-8-18(17)26(24)27-25/h5-12,23-26H,1-4H3/t23-,24+,25+,26-. The molecule has 2 aliphatic heterocycles. The number of fused-ring (bicyclic) bond motifs is 13. The average Bonchev–Trinajstić information content (AvgIpc) is 3.22. The summed E-state index contributed by atoms with van der Waals surface area (Å²) in [7, 11) is 0. The van der Waals surface area contributed by atoms with Gasteiger partial charge >= 0.3 is 0 Å². The molecule has 27 heavy (non-hydrogen) atoms. The Morgan fingerprint density at radius 1 is 0.556 bits per heavy atom. The number of hydrogen-bond donors (Lipinski definition) is 0. The lowest BCUT2D eigenvalue weighted by Gasteiger charge is -2.38. The minimum atomic E-state index is 0.187. The molecule has 134 valence electrons. The maximum absolute atomic E-state index is 6.64. The third-order valence-corrected chi connectivity index (χ3v) is 7.28. The Bertz CT molecular complexity index is 1030. The molecule has 1 heteroatoms. The summed E-state index contributed by atoms with van der Waals surface area (Å²) in [5.74, 6) is 0.850. The fourth-order valence-electron chi connectivity index (χ4n) is 5.67. The predicted molar refractivity (Wildman–Crippen MR) is 109 cm³/mol. The molecule has 3 aromatic carbocycles. The van der Waals surface area contributed by atoms with Crippen LogP contribution in [-0.4, -0.2) is 0 Å². The third-order valence-electron chi connectivity index (χ3n) is 7.28. The van der Waals surface area contributed by atoms with E-state index in [-0.39, 0.29) is 12.2 Å². The molecule has 0 saturated carbocycles. The first-order valence-corrected chi connectivity index (χ1v) is 10.0. The molecule has 0 spiro atoms. The maximum atomic E-state index is 6.64. The normalized spacial score (nSPS) is 26.4. The largest absolute Gasteiger partial charge is 0.364 e. The van der Waals surface area contributed by atoms with Crippen LogP contribution in [-0.2, 0) is 4.74 Å². The number of hydrogen-bond acceptors (Lipinski definition) is 1. The Hall–Kier alpha value is -2.38. The van der Waals surface area contributed by atoms with Gasteiger partial charge in [-0.2, -0.15) is 0 Å². The van der Waals surface area contributed by atoms with Crippen molar-refractivity contribution in [3.05, 3.63) is 93.0 Å². The second-order valence-electron chi connectivity index (χ2n) is 8.71. The lowest BCUT2D eigenvalue weighted by atomic mass is 9.63. The molecule has 1 saturated heterocycles. The van der Waals surface area contributed by atoms with Gasteiger partial charge in [-0.3, -0.25) is 0 Å². The van der Waals surface area contributed by atoms with Crippen LogP contribution in [0.1, 0.15) is 68.6 Å². The van der Waals surface area contributed by atoms with E-state index in [0.29, 0.717) is 11.8 Å². The Morgan fingerprint density at radius 3 is 1.41 bits per heavy atom. The summed E-state index contributed by atoms with van der Waals surface area (Å²) in [4.78, 5) is 0. The summed E-state index contributed by atoms with van der Waals surface area (Å²) in [5.41, 5.74) is 14.1. The van der Waals surface area contributed by atoms with Crippen LogP contribution in [0.5, 0.6) is 0 Å². The zero-order valence-corrected chi connectivity index (χ0v) is 16.3. The molecular weight excluding hydrogens is 328 g/mol. The van der Waals surface area contributed by atoms with Crippen LogP contribution in [0.4, 0.5) is 0 Å². The van der Waals surface area contributed by atoms with Crippen molar-refractivity contribution in [1.29, 1.82) is 0 Å². The molecule has 2 bridgehead atoms. The molecule has 0 N–H and O–H groups in total. The van der Waals surface area contributed by atoms with Crippen molar-refractivity contribution in [3.63, 3.8) is 0 Å². The van der Waals surface area contributed by atoms with E-state index in [2.05, 4.69) is 76.2 Å². The smallest absolute Gasteiger partial charge is 0.0912 e. The van der Waals surface area contributed by atoms with E-state index in [1.807, 2.05) is 0 Å². The zero-order chi connectivity index (χ0) is 18.4. The second kappa shape index (κ2) is 5.11. The summed E-state index contributed by atoms with van der Waals surface area (Å²) in [6.45, 7) is 8.94. The molecule has 1 nitrogen and oxygen atoms in total. The molecular formula is C26H24O. The van der Waals surface area contributed by atoms with Crippen LogP contribution < -0.4 is 0 Å². The van der Waals surface area contributed by atoms with Gasteiger partial charge in [0.2, 0.25) is 0 Å². The SMILES string of the molecule is Cc1cc2c(cc1C)[C@@H]1[C@H](c3cc(C)c(C)cc3-2)[C@@H]2O[C@H]1c1ccccc12. The highest BCUT2D eigenvalue weighted by Crippen LogP contribution is 2.68. The highest BCUT2D eigenvalue weighted by Gasteiger charge is 2.55. The number of rotatable bonds is 0. The molecule has 0 radical (unpaired) electrons. The molecule has 2 heterocycles. The van der Waals surface area contributed by atoms with Crippen molar-refractivity contribution in [2.45, 2.75) is 51.7 Å². The summed E-state index contributed by atoms with van der Waals surface area (Å²) >= 11 is 0. The van der Waals surface area contributed by atoms with Crippen LogP contribution in [0.3, 0.4) is 0 Å². The lowest BCUT2D eigenvalue weighted by molar-refractivity contribution is 0.0644. The van der Waals surface area contributed by atoms with E-state index in [1.165, 1.54) is 55.6 Å². The van der Waals surface area contributed by atoms with E-state index >= 15 is 0 Å². The van der Waals surface area contributed by atoms with Crippen molar-refractivity contribution in [2.24, 2.45) is 0 Å². The molecule has 0 aromatic heterocycles. The van der Waals surface area contributed by atoms with Gasteiger partial charge in [-0.05, 0) is 83.3 Å². The first-order valence-electron chi connectivity index (χ1n) is 10.0. The monoisotopic (exact) mass is 352 g/mol. The van der Waals surface area contributed by atoms with Gasteiger partial charge in [-0.1, -0.05) is 48.5 Å². The van der Waals surface area contributed by atoms with Gasteiger partial charge in [0.25, 0.3) is 0 Å². The van der Waals surface area contributed by atoms with Gasteiger partial charge in [-0.25, -0.2) is 0 Å². The number of benzene rings is 3. The summed E-state index contributed by atoms with van der Waals surface area (Å²) < 4.78 is 6.64. The summed E-state index contributed by atoms with van der Waals surface area (Å²) in [6, 6.07) is 18.5. The van der Waals surface area contributed by atoms with Crippen molar-refractivity contribution >= 4 is 0 Å². The minimum Gasteiger partial charge on any atom is -0.364 e. The van der Waals surface area contributed by atoms with E-state index in [4.69, 9.17) is 4.74 Å². The molecule has 1 aliphatic carbocycles. The van der Waals surface area contributed by atoms with Crippen LogP contribution >= 0.6 is 0 Å². The van der Waals surface area contributed by atoms with Gasteiger partial charge in [0.15, 0.2) is 0 Å². The highest BCUT2D eigenvalue weighted by atomic mass is 16.5. The van der Waals surface area contributed by atoms with Crippen molar-refractivity contribution in [1.82, 2.24) is 0 Å². The molecule has 3 aromatic rings. The number of aryl methyl sites for hydroxylation is 4. The van der Waals surface area contributed by atoms with Crippen LogP contribution in [0.2, 0.25) is 0 Å².